The Bertz CT molecular complexity index is 490. The van der Waals surface area contributed by atoms with Crippen LogP contribution in [0.25, 0.3) is 0 Å². The first-order chi connectivity index (χ1) is 11.3. The van der Waals surface area contributed by atoms with Crippen LogP contribution in [0.15, 0.2) is 0 Å². The summed E-state index contributed by atoms with van der Waals surface area (Å²) in [5.41, 5.74) is 0.324. The molecule has 0 aromatic rings. The van der Waals surface area contributed by atoms with E-state index in [4.69, 9.17) is 4.74 Å². The number of rotatable bonds is 1. The van der Waals surface area contributed by atoms with Crippen LogP contribution in [0.5, 0.6) is 0 Å². The molecule has 0 bridgehead atoms. The summed E-state index contributed by atoms with van der Waals surface area (Å²) < 4.78 is 34.4. The van der Waals surface area contributed by atoms with Crippen LogP contribution in [0.3, 0.4) is 0 Å². The number of epoxide rings is 1. The molecule has 4 aliphatic rings. The lowest BCUT2D eigenvalue weighted by Gasteiger charge is -2.44. The van der Waals surface area contributed by atoms with Crippen molar-refractivity contribution in [2.75, 3.05) is 0 Å². The Morgan fingerprint density at radius 2 is 1.67 bits per heavy atom. The molecular weight excluding hydrogens is 306 g/mol. The van der Waals surface area contributed by atoms with Gasteiger partial charge in [-0.1, -0.05) is 27.2 Å². The largest absolute Gasteiger partial charge is 0.362 e. The molecule has 2 unspecified atom stereocenters. The highest BCUT2D eigenvalue weighted by Gasteiger charge is 2.79. The first-order valence-corrected chi connectivity index (χ1v) is 10.4. The van der Waals surface area contributed by atoms with Crippen LogP contribution in [0.2, 0.25) is 0 Å². The minimum absolute atomic E-state index is 0.0966. The summed E-state index contributed by atoms with van der Waals surface area (Å²) in [6.45, 7) is 6.88. The van der Waals surface area contributed by atoms with Gasteiger partial charge in [0.15, 0.2) is 0 Å². The van der Waals surface area contributed by atoms with Gasteiger partial charge >= 0.3 is 0 Å². The van der Waals surface area contributed by atoms with Crippen molar-refractivity contribution < 1.29 is 13.5 Å². The number of halogens is 2. The maximum absolute atomic E-state index is 14.0. The average molecular weight is 340 g/mol. The quantitative estimate of drug-likeness (QED) is 0.517. The number of alkyl halides is 2. The summed E-state index contributed by atoms with van der Waals surface area (Å²) in [7, 11) is 0. The fraction of sp³-hybridized carbons (Fsp3) is 1.00. The van der Waals surface area contributed by atoms with E-state index in [9.17, 15) is 8.78 Å². The second-order valence-electron chi connectivity index (χ2n) is 9.66. The fourth-order valence-corrected chi connectivity index (χ4v) is 7.01. The molecule has 4 fully saturated rings. The van der Waals surface area contributed by atoms with E-state index in [0.717, 1.165) is 12.8 Å². The van der Waals surface area contributed by atoms with E-state index in [1.165, 1.54) is 25.7 Å². The third-order valence-electron chi connectivity index (χ3n) is 8.34. The van der Waals surface area contributed by atoms with Gasteiger partial charge in [0.1, 0.15) is 11.2 Å². The van der Waals surface area contributed by atoms with Crippen LogP contribution in [-0.4, -0.2) is 17.1 Å². The summed E-state index contributed by atoms with van der Waals surface area (Å²) >= 11 is 0. The second kappa shape index (κ2) is 5.66. The van der Waals surface area contributed by atoms with Gasteiger partial charge in [0.25, 0.3) is 0 Å². The summed E-state index contributed by atoms with van der Waals surface area (Å²) in [5, 5.41) is 0. The molecule has 3 saturated carbocycles. The summed E-state index contributed by atoms with van der Waals surface area (Å²) in [6, 6.07) is 0. The average Bonchev–Trinajstić information content (AvgIpc) is 3.07. The van der Waals surface area contributed by atoms with E-state index in [-0.39, 0.29) is 24.0 Å². The Hall–Kier alpha value is -0.180. The van der Waals surface area contributed by atoms with Crippen molar-refractivity contribution in [2.45, 2.75) is 102 Å². The highest BCUT2D eigenvalue weighted by molar-refractivity contribution is 5.27. The summed E-state index contributed by atoms with van der Waals surface area (Å²) in [4.78, 5) is 0. The van der Waals surface area contributed by atoms with E-state index in [1.807, 2.05) is 0 Å². The number of hydrogen-bond donors (Lipinski definition) is 0. The Balaban J connectivity index is 1.55. The van der Waals surface area contributed by atoms with Crippen LogP contribution in [-0.2, 0) is 4.74 Å². The van der Waals surface area contributed by atoms with Crippen molar-refractivity contribution in [3.63, 3.8) is 0 Å². The lowest BCUT2D eigenvalue weighted by Crippen LogP contribution is -2.43. The minimum Gasteiger partial charge on any atom is -0.362 e. The third-order valence-corrected chi connectivity index (χ3v) is 8.34. The topological polar surface area (TPSA) is 12.5 Å². The first-order valence-electron chi connectivity index (χ1n) is 10.4. The van der Waals surface area contributed by atoms with Crippen molar-refractivity contribution in [3.8, 4) is 0 Å². The van der Waals surface area contributed by atoms with Gasteiger partial charge in [-0.2, -0.15) is 0 Å². The standard InChI is InChI=1S/C21H34F2O/c1-14(2)20-13-9-18-17-6-4-5-10-19(22,23)11-7-15(3)16(17)8-12-21(18,20)24-20/h14-18H,4-13H2,1-3H3/t15-,16?,17+,18?,20+,21+/m0/s1. The molecule has 24 heavy (non-hydrogen) atoms. The van der Waals surface area contributed by atoms with Crippen LogP contribution >= 0.6 is 0 Å². The molecule has 4 rings (SSSR count). The molecule has 1 aliphatic heterocycles. The first kappa shape index (κ1) is 17.2. The van der Waals surface area contributed by atoms with E-state index in [2.05, 4.69) is 20.8 Å². The highest BCUT2D eigenvalue weighted by atomic mass is 19.3. The third kappa shape index (κ3) is 2.40. The molecule has 0 aromatic heterocycles. The predicted octanol–water partition coefficient (Wildman–Crippen LogP) is 6.21. The number of ether oxygens (including phenoxy) is 1. The molecule has 1 saturated heterocycles. The molecule has 138 valence electrons. The van der Waals surface area contributed by atoms with Crippen molar-refractivity contribution >= 4 is 0 Å². The zero-order valence-electron chi connectivity index (χ0n) is 15.6. The van der Waals surface area contributed by atoms with E-state index < -0.39 is 5.92 Å². The molecule has 0 radical (unpaired) electrons. The van der Waals surface area contributed by atoms with Gasteiger partial charge in [0, 0.05) is 12.8 Å². The molecular formula is C21H34F2O. The van der Waals surface area contributed by atoms with Gasteiger partial charge in [-0.05, 0) is 74.5 Å². The van der Waals surface area contributed by atoms with Gasteiger partial charge in [-0.25, -0.2) is 8.78 Å². The Morgan fingerprint density at radius 1 is 0.875 bits per heavy atom. The maximum atomic E-state index is 14.0. The lowest BCUT2D eigenvalue weighted by molar-refractivity contribution is -0.0406. The molecule has 1 heterocycles. The molecule has 3 aliphatic carbocycles. The molecule has 0 N–H and O–H groups in total. The molecule has 0 amide bonds. The number of hydrogen-bond acceptors (Lipinski definition) is 1. The van der Waals surface area contributed by atoms with Crippen LogP contribution in [0.4, 0.5) is 8.78 Å². The van der Waals surface area contributed by atoms with Crippen molar-refractivity contribution in [1.82, 2.24) is 0 Å². The summed E-state index contributed by atoms with van der Waals surface area (Å²) in [5.74, 6) is 0.654. The predicted molar refractivity (Wildman–Crippen MR) is 92.1 cm³/mol. The van der Waals surface area contributed by atoms with Gasteiger partial charge in [-0.15, -0.1) is 0 Å². The molecule has 0 aromatic carbocycles. The molecule has 1 nitrogen and oxygen atoms in total. The van der Waals surface area contributed by atoms with E-state index >= 15 is 0 Å². The zero-order valence-corrected chi connectivity index (χ0v) is 15.6. The monoisotopic (exact) mass is 340 g/mol. The van der Waals surface area contributed by atoms with E-state index in [0.29, 0.717) is 42.4 Å². The van der Waals surface area contributed by atoms with E-state index in [1.54, 1.807) is 0 Å². The van der Waals surface area contributed by atoms with Gasteiger partial charge < -0.3 is 4.74 Å². The lowest BCUT2D eigenvalue weighted by atomic mass is 9.60. The molecule has 6 atom stereocenters. The number of fused-ring (bicyclic) bond motifs is 2. The van der Waals surface area contributed by atoms with Crippen LogP contribution in [0.1, 0.15) is 85.0 Å². The normalized spacial score (nSPS) is 50.8. The Morgan fingerprint density at radius 3 is 2.38 bits per heavy atom. The smallest absolute Gasteiger partial charge is 0.248 e. The highest BCUT2D eigenvalue weighted by Crippen LogP contribution is 2.72. The molecule has 3 heteroatoms. The zero-order chi connectivity index (χ0) is 17.2. The maximum Gasteiger partial charge on any atom is 0.248 e. The van der Waals surface area contributed by atoms with Crippen molar-refractivity contribution in [3.05, 3.63) is 0 Å². The Labute approximate surface area is 145 Å². The van der Waals surface area contributed by atoms with Gasteiger partial charge in [0.05, 0.1) is 0 Å². The molecule has 1 spiro atoms. The van der Waals surface area contributed by atoms with Gasteiger partial charge in [0.2, 0.25) is 5.92 Å². The SMILES string of the molecule is CC(C)[C@]12CCC3[C@@H]4CCCCC(F)(F)CC[C@H](C)C4CC[C@@]31O2. The fourth-order valence-electron chi connectivity index (χ4n) is 7.01. The van der Waals surface area contributed by atoms with Crippen LogP contribution < -0.4 is 0 Å². The second-order valence-corrected chi connectivity index (χ2v) is 9.66. The van der Waals surface area contributed by atoms with Crippen molar-refractivity contribution in [1.29, 1.82) is 0 Å². The summed E-state index contributed by atoms with van der Waals surface area (Å²) in [6.07, 6.45) is 8.62. The van der Waals surface area contributed by atoms with Crippen molar-refractivity contribution in [2.24, 2.45) is 29.6 Å². The minimum atomic E-state index is -2.43. The van der Waals surface area contributed by atoms with Gasteiger partial charge in [-0.3, -0.25) is 0 Å². The Kier molecular flexibility index (Phi) is 4.07. The van der Waals surface area contributed by atoms with Crippen LogP contribution in [0, 0.1) is 29.6 Å².